The molecule has 5 aromatic carbocycles. The molecule has 192 valence electrons. The van der Waals surface area contributed by atoms with Crippen molar-refractivity contribution in [3.63, 3.8) is 0 Å². The molecule has 5 aromatic rings. The van der Waals surface area contributed by atoms with Crippen molar-refractivity contribution in [1.29, 1.82) is 0 Å². The zero-order chi connectivity index (χ0) is 27.0. The summed E-state index contributed by atoms with van der Waals surface area (Å²) >= 11 is 0. The number of hydrogen-bond donors (Lipinski definition) is 5. The highest BCUT2D eigenvalue weighted by Gasteiger charge is 2.45. The number of carbonyl (C=O) groups is 1. The highest BCUT2D eigenvalue weighted by Crippen LogP contribution is 2.56. The van der Waals surface area contributed by atoms with Gasteiger partial charge in [0.05, 0.1) is 17.6 Å². The lowest BCUT2D eigenvalue weighted by atomic mass is 9.67. The third-order valence-corrected chi connectivity index (χ3v) is 7.40. The topological polar surface area (TPSA) is 113 Å². The van der Waals surface area contributed by atoms with Gasteiger partial charge in [-0.1, -0.05) is 72.8 Å². The van der Waals surface area contributed by atoms with Gasteiger partial charge >= 0.3 is 5.97 Å². The molecule has 6 rings (SSSR count). The number of carboxylic acids is 1. The molecule has 0 fully saturated rings. The number of hydrogen-bond acceptors (Lipinski definition) is 5. The van der Waals surface area contributed by atoms with Crippen molar-refractivity contribution in [2.24, 2.45) is 0 Å². The van der Waals surface area contributed by atoms with Gasteiger partial charge in [0.2, 0.25) is 0 Å². The minimum absolute atomic E-state index is 0.145. The van der Waals surface area contributed by atoms with Crippen molar-refractivity contribution in [2.45, 2.75) is 5.41 Å². The summed E-state index contributed by atoms with van der Waals surface area (Å²) in [5, 5.41) is 15.8. The van der Waals surface area contributed by atoms with E-state index in [9.17, 15) is 9.90 Å². The van der Waals surface area contributed by atoms with Gasteiger partial charge in [-0.2, -0.15) is 0 Å². The first-order chi connectivity index (χ1) is 19.0. The third kappa shape index (κ3) is 4.12. The number of nitrogens with two attached hydrogens (primary N) is 2. The number of fused-ring (bicyclic) bond motifs is 3. The van der Waals surface area contributed by atoms with E-state index in [2.05, 4.69) is 95.6 Å². The van der Waals surface area contributed by atoms with E-state index in [-0.39, 0.29) is 5.56 Å². The van der Waals surface area contributed by atoms with Crippen molar-refractivity contribution in [3.05, 3.63) is 143 Å². The first-order valence-corrected chi connectivity index (χ1v) is 12.7. The van der Waals surface area contributed by atoms with E-state index in [1.807, 2.05) is 12.1 Å². The number of nitrogen functional groups attached to an aromatic ring is 2. The van der Waals surface area contributed by atoms with E-state index in [1.54, 1.807) is 12.1 Å². The lowest BCUT2D eigenvalue weighted by molar-refractivity contribution is 0.0697. The van der Waals surface area contributed by atoms with Crippen LogP contribution in [0.3, 0.4) is 0 Å². The number of anilines is 4. The van der Waals surface area contributed by atoms with Crippen LogP contribution in [0.1, 0.15) is 32.6 Å². The SMILES string of the molecule is Nc1ccc(C2(c3ccc(NCNc4cc(N)cc(C(=O)O)c4)cc3)c3ccccc3-c3ccccc32)cc1. The molecule has 1 aliphatic carbocycles. The summed E-state index contributed by atoms with van der Waals surface area (Å²) in [6.45, 7) is 0.399. The van der Waals surface area contributed by atoms with Gasteiger partial charge in [0, 0.05) is 22.7 Å². The second-order valence-corrected chi connectivity index (χ2v) is 9.72. The predicted octanol–water partition coefficient (Wildman–Crippen LogP) is 6.39. The molecule has 0 amide bonds. The van der Waals surface area contributed by atoms with Gasteiger partial charge in [-0.25, -0.2) is 4.79 Å². The van der Waals surface area contributed by atoms with Crippen LogP contribution in [-0.2, 0) is 5.41 Å². The van der Waals surface area contributed by atoms with Gasteiger partial charge in [0.15, 0.2) is 0 Å². The average Bonchev–Trinajstić information content (AvgIpc) is 3.25. The van der Waals surface area contributed by atoms with Crippen molar-refractivity contribution in [3.8, 4) is 11.1 Å². The van der Waals surface area contributed by atoms with Gasteiger partial charge in [-0.3, -0.25) is 0 Å². The zero-order valence-electron chi connectivity index (χ0n) is 21.2. The summed E-state index contributed by atoms with van der Waals surface area (Å²) in [5.41, 5.74) is 21.6. The monoisotopic (exact) mass is 512 g/mol. The highest BCUT2D eigenvalue weighted by molar-refractivity contribution is 5.90. The molecular formula is C33H28N4O2. The van der Waals surface area contributed by atoms with Crippen LogP contribution in [0.5, 0.6) is 0 Å². The fraction of sp³-hybridized carbons (Fsp3) is 0.0606. The summed E-state index contributed by atoms with van der Waals surface area (Å²) in [4.78, 5) is 11.3. The molecule has 0 heterocycles. The Labute approximate surface area is 226 Å². The van der Waals surface area contributed by atoms with E-state index >= 15 is 0 Å². The predicted molar refractivity (Wildman–Crippen MR) is 158 cm³/mol. The lowest BCUT2D eigenvalue weighted by Crippen LogP contribution is -2.28. The first kappa shape index (κ1) is 24.1. The van der Waals surface area contributed by atoms with Gasteiger partial charge < -0.3 is 27.2 Å². The molecule has 0 bridgehead atoms. The van der Waals surface area contributed by atoms with Gasteiger partial charge in [0.25, 0.3) is 0 Å². The van der Waals surface area contributed by atoms with Crippen LogP contribution in [0.4, 0.5) is 22.7 Å². The van der Waals surface area contributed by atoms with E-state index in [4.69, 9.17) is 11.5 Å². The maximum atomic E-state index is 11.3. The summed E-state index contributed by atoms with van der Waals surface area (Å²) < 4.78 is 0. The Morgan fingerprint density at radius 2 is 1.18 bits per heavy atom. The molecule has 39 heavy (non-hydrogen) atoms. The second kappa shape index (κ2) is 9.58. The number of nitrogens with one attached hydrogen (secondary N) is 2. The van der Waals surface area contributed by atoms with Crippen LogP contribution in [0.25, 0.3) is 11.1 Å². The molecule has 0 aliphatic heterocycles. The number of benzene rings is 5. The van der Waals surface area contributed by atoms with Crippen molar-refractivity contribution < 1.29 is 9.90 Å². The van der Waals surface area contributed by atoms with E-state index in [1.165, 1.54) is 28.3 Å². The molecular weight excluding hydrogens is 484 g/mol. The number of rotatable bonds is 7. The quantitative estimate of drug-likeness (QED) is 0.125. The Bertz CT molecular complexity index is 1630. The van der Waals surface area contributed by atoms with Gasteiger partial charge in [-0.05, 0) is 75.8 Å². The Morgan fingerprint density at radius 3 is 1.77 bits per heavy atom. The minimum atomic E-state index is -1.01. The van der Waals surface area contributed by atoms with Gasteiger partial charge in [0.1, 0.15) is 0 Å². The molecule has 0 radical (unpaired) electrons. The van der Waals surface area contributed by atoms with Crippen LogP contribution in [-0.4, -0.2) is 17.7 Å². The summed E-state index contributed by atoms with van der Waals surface area (Å²) in [7, 11) is 0. The van der Waals surface area contributed by atoms with Gasteiger partial charge in [-0.15, -0.1) is 0 Å². The van der Waals surface area contributed by atoms with E-state index < -0.39 is 11.4 Å². The fourth-order valence-electron chi connectivity index (χ4n) is 5.72. The van der Waals surface area contributed by atoms with Crippen LogP contribution < -0.4 is 22.1 Å². The second-order valence-electron chi connectivity index (χ2n) is 9.72. The smallest absolute Gasteiger partial charge is 0.335 e. The molecule has 6 heteroatoms. The molecule has 0 spiro atoms. The standard InChI is InChI=1S/C33H28N4O2/c34-24-13-9-22(10-14-24)33(30-7-3-1-5-28(30)29-6-2-4-8-31(29)33)23-11-15-26(16-12-23)36-20-37-27-18-21(32(38)39)17-25(35)19-27/h1-19,36-37H,20,34-35H2,(H,38,39). The first-order valence-electron chi connectivity index (χ1n) is 12.7. The lowest BCUT2D eigenvalue weighted by Gasteiger charge is -2.34. The normalized spacial score (nSPS) is 12.8. The van der Waals surface area contributed by atoms with Crippen LogP contribution in [0.2, 0.25) is 0 Å². The summed E-state index contributed by atoms with van der Waals surface area (Å²) in [6.07, 6.45) is 0. The Kier molecular flexibility index (Phi) is 5.92. The average molecular weight is 513 g/mol. The van der Waals surface area contributed by atoms with Crippen LogP contribution in [0.15, 0.2) is 115 Å². The summed E-state index contributed by atoms with van der Waals surface area (Å²) in [5.74, 6) is -1.01. The molecule has 1 aliphatic rings. The van der Waals surface area contributed by atoms with Crippen LogP contribution >= 0.6 is 0 Å². The largest absolute Gasteiger partial charge is 0.478 e. The van der Waals surface area contributed by atoms with E-state index in [0.29, 0.717) is 18.0 Å². The molecule has 7 N–H and O–H groups in total. The fourth-order valence-corrected chi connectivity index (χ4v) is 5.72. The molecule has 0 aromatic heterocycles. The highest BCUT2D eigenvalue weighted by atomic mass is 16.4. The molecule has 6 nitrogen and oxygen atoms in total. The zero-order valence-corrected chi connectivity index (χ0v) is 21.2. The van der Waals surface area contributed by atoms with Crippen LogP contribution in [0, 0.1) is 0 Å². The maximum absolute atomic E-state index is 11.3. The number of aromatic carboxylic acids is 1. The Morgan fingerprint density at radius 1 is 0.641 bits per heavy atom. The summed E-state index contributed by atoms with van der Waals surface area (Å²) in [6, 6.07) is 38.6. The van der Waals surface area contributed by atoms with Crippen molar-refractivity contribution in [1.82, 2.24) is 0 Å². The Balaban J connectivity index is 1.35. The van der Waals surface area contributed by atoms with E-state index in [0.717, 1.165) is 22.5 Å². The third-order valence-electron chi connectivity index (χ3n) is 7.40. The molecule has 0 saturated heterocycles. The Hall–Kier alpha value is -5.23. The minimum Gasteiger partial charge on any atom is -0.478 e. The molecule has 0 unspecified atom stereocenters. The van der Waals surface area contributed by atoms with Crippen molar-refractivity contribution >= 4 is 28.7 Å². The molecule has 0 atom stereocenters. The maximum Gasteiger partial charge on any atom is 0.335 e. The number of carboxylic acid groups (broad SMARTS) is 1. The molecule has 0 saturated carbocycles. The van der Waals surface area contributed by atoms with Crippen molar-refractivity contribution in [2.75, 3.05) is 28.8 Å².